The summed E-state index contributed by atoms with van der Waals surface area (Å²) >= 11 is 0. The molecule has 0 heterocycles. The number of rotatable bonds is 10. The van der Waals surface area contributed by atoms with E-state index in [1.54, 1.807) is 7.11 Å². The van der Waals surface area contributed by atoms with Crippen LogP contribution in [0.4, 0.5) is 0 Å². The van der Waals surface area contributed by atoms with Crippen LogP contribution in [0.5, 0.6) is 5.75 Å². The van der Waals surface area contributed by atoms with Crippen molar-refractivity contribution in [2.45, 2.75) is 51.9 Å². The molecule has 1 aliphatic carbocycles. The Morgan fingerprint density at radius 1 is 1.31 bits per heavy atom. The largest absolute Gasteiger partial charge is 0.497 e. The van der Waals surface area contributed by atoms with Crippen molar-refractivity contribution in [2.75, 3.05) is 26.9 Å². The topological polar surface area (TPSA) is 82.8 Å². The molecule has 1 aromatic carbocycles. The number of carbonyl (C=O) groups is 1. The van der Waals surface area contributed by atoms with E-state index >= 15 is 0 Å². The molecule has 1 fully saturated rings. The van der Waals surface area contributed by atoms with Gasteiger partial charge in [0.15, 0.2) is 0 Å². The fourth-order valence-corrected chi connectivity index (χ4v) is 3.27. The molecule has 1 aliphatic rings. The molecule has 2 atom stereocenters. The first-order valence-electron chi connectivity index (χ1n) is 9.24. The molecule has 1 saturated carbocycles. The molecule has 26 heavy (non-hydrogen) atoms. The van der Waals surface area contributed by atoms with Gasteiger partial charge in [-0.2, -0.15) is 0 Å². The summed E-state index contributed by atoms with van der Waals surface area (Å²) in [5, 5.41) is 2.94. The fraction of sp³-hybridized carbons (Fsp3) is 0.650. The molecule has 0 bridgehead atoms. The van der Waals surface area contributed by atoms with Crippen LogP contribution in [0, 0.1) is 5.41 Å². The molecule has 0 aliphatic heterocycles. The van der Waals surface area contributed by atoms with E-state index in [2.05, 4.69) is 5.32 Å². The lowest BCUT2D eigenvalue weighted by Crippen LogP contribution is -2.75. The Morgan fingerprint density at radius 3 is 2.58 bits per heavy atom. The Balaban J connectivity index is 1.64. The fourth-order valence-electron chi connectivity index (χ4n) is 3.27. The van der Waals surface area contributed by atoms with Crippen LogP contribution in [0.15, 0.2) is 24.3 Å². The van der Waals surface area contributed by atoms with Gasteiger partial charge in [-0.25, -0.2) is 0 Å². The van der Waals surface area contributed by atoms with E-state index in [1.807, 2.05) is 45.0 Å². The Bertz CT molecular complexity index is 588. The molecule has 0 spiro atoms. The summed E-state index contributed by atoms with van der Waals surface area (Å²) in [6.45, 7) is 8.26. The van der Waals surface area contributed by atoms with Gasteiger partial charge in [0.1, 0.15) is 11.3 Å². The van der Waals surface area contributed by atoms with Gasteiger partial charge < -0.3 is 25.3 Å². The number of carbonyl (C=O) groups excluding carboxylic acids is 1. The van der Waals surface area contributed by atoms with Gasteiger partial charge in [-0.05, 0) is 31.0 Å². The Morgan fingerprint density at radius 2 is 2.00 bits per heavy atom. The van der Waals surface area contributed by atoms with Crippen molar-refractivity contribution in [2.24, 2.45) is 11.1 Å². The van der Waals surface area contributed by atoms with E-state index in [0.717, 1.165) is 17.7 Å². The molecular weight excluding hydrogens is 332 g/mol. The number of amides is 1. The molecule has 2 rings (SSSR count). The zero-order chi connectivity index (χ0) is 19.2. The van der Waals surface area contributed by atoms with Crippen LogP contribution in [0.2, 0.25) is 0 Å². The minimum absolute atomic E-state index is 0.0380. The van der Waals surface area contributed by atoms with Crippen LogP contribution in [0.1, 0.15) is 39.2 Å². The molecule has 2 unspecified atom stereocenters. The zero-order valence-electron chi connectivity index (χ0n) is 16.3. The number of nitrogens with one attached hydrogen (secondary N) is 1. The summed E-state index contributed by atoms with van der Waals surface area (Å²) < 4.78 is 16.4. The van der Waals surface area contributed by atoms with Gasteiger partial charge in [0, 0.05) is 31.6 Å². The summed E-state index contributed by atoms with van der Waals surface area (Å²) in [6.07, 6.45) is 1.34. The highest BCUT2D eigenvalue weighted by Crippen LogP contribution is 2.49. The van der Waals surface area contributed by atoms with Crippen molar-refractivity contribution < 1.29 is 19.0 Å². The number of hydrogen-bond acceptors (Lipinski definition) is 5. The summed E-state index contributed by atoms with van der Waals surface area (Å²) in [7, 11) is 1.65. The van der Waals surface area contributed by atoms with Crippen molar-refractivity contribution >= 4 is 5.91 Å². The first kappa shape index (κ1) is 20.7. The van der Waals surface area contributed by atoms with Crippen molar-refractivity contribution in [1.82, 2.24) is 5.32 Å². The third-order valence-electron chi connectivity index (χ3n) is 5.41. The van der Waals surface area contributed by atoms with Crippen molar-refractivity contribution in [3.63, 3.8) is 0 Å². The van der Waals surface area contributed by atoms with E-state index in [1.165, 1.54) is 0 Å². The van der Waals surface area contributed by atoms with E-state index < -0.39 is 5.54 Å². The Hall–Kier alpha value is -1.63. The van der Waals surface area contributed by atoms with Crippen LogP contribution >= 0.6 is 0 Å². The maximum Gasteiger partial charge on any atom is 0.240 e. The Kier molecular flexibility index (Phi) is 7.03. The van der Waals surface area contributed by atoms with Crippen LogP contribution in [-0.4, -0.2) is 44.4 Å². The smallest absolute Gasteiger partial charge is 0.240 e. The van der Waals surface area contributed by atoms with Crippen LogP contribution in [-0.2, 0) is 20.9 Å². The highest BCUT2D eigenvalue weighted by atomic mass is 16.5. The average Bonchev–Trinajstić information content (AvgIpc) is 2.64. The standard InChI is InChI=1S/C20H32N2O4/c1-5-26-17-13-20(21,19(17,2)3)18(23)22-11-6-12-25-14-15-7-9-16(24-4)10-8-15/h7-10,17H,5-6,11-14,21H2,1-4H3,(H,22,23). The molecular formula is C20H32N2O4. The minimum Gasteiger partial charge on any atom is -0.497 e. The third kappa shape index (κ3) is 4.37. The summed E-state index contributed by atoms with van der Waals surface area (Å²) in [4.78, 5) is 12.5. The van der Waals surface area contributed by atoms with Gasteiger partial charge in [0.2, 0.25) is 5.91 Å². The van der Waals surface area contributed by atoms with Gasteiger partial charge in [0.05, 0.1) is 19.8 Å². The molecule has 6 heteroatoms. The van der Waals surface area contributed by atoms with E-state index in [-0.39, 0.29) is 17.4 Å². The number of benzene rings is 1. The van der Waals surface area contributed by atoms with E-state index in [9.17, 15) is 4.79 Å². The normalized spacial score (nSPS) is 24.0. The molecule has 0 radical (unpaired) electrons. The van der Waals surface area contributed by atoms with E-state index in [0.29, 0.717) is 32.8 Å². The third-order valence-corrected chi connectivity index (χ3v) is 5.41. The monoisotopic (exact) mass is 364 g/mol. The first-order chi connectivity index (χ1) is 12.3. The predicted octanol–water partition coefficient (Wildman–Crippen LogP) is 2.25. The van der Waals surface area contributed by atoms with Crippen molar-refractivity contribution in [1.29, 1.82) is 0 Å². The molecule has 3 N–H and O–H groups in total. The second-order valence-electron chi connectivity index (χ2n) is 7.35. The van der Waals surface area contributed by atoms with E-state index in [4.69, 9.17) is 19.9 Å². The maximum absolute atomic E-state index is 12.5. The molecule has 0 aromatic heterocycles. The van der Waals surface area contributed by atoms with Gasteiger partial charge in [0.25, 0.3) is 0 Å². The lowest BCUT2D eigenvalue weighted by Gasteiger charge is -2.57. The Labute approximate surface area is 156 Å². The molecule has 1 amide bonds. The number of methoxy groups -OCH3 is 1. The highest BCUT2D eigenvalue weighted by molar-refractivity contribution is 5.88. The maximum atomic E-state index is 12.5. The quantitative estimate of drug-likeness (QED) is 0.622. The molecule has 0 saturated heterocycles. The molecule has 6 nitrogen and oxygen atoms in total. The summed E-state index contributed by atoms with van der Waals surface area (Å²) in [6, 6.07) is 7.78. The van der Waals surface area contributed by atoms with Crippen LogP contribution < -0.4 is 15.8 Å². The van der Waals surface area contributed by atoms with Crippen LogP contribution in [0.3, 0.4) is 0 Å². The summed E-state index contributed by atoms with van der Waals surface area (Å²) in [5.41, 5.74) is 6.22. The van der Waals surface area contributed by atoms with Gasteiger partial charge >= 0.3 is 0 Å². The first-order valence-corrected chi connectivity index (χ1v) is 9.24. The van der Waals surface area contributed by atoms with Crippen molar-refractivity contribution in [3.05, 3.63) is 29.8 Å². The SMILES string of the molecule is CCOC1CC(N)(C(=O)NCCCOCc2ccc(OC)cc2)C1(C)C. The number of nitrogens with two attached hydrogens (primary N) is 1. The zero-order valence-corrected chi connectivity index (χ0v) is 16.3. The minimum atomic E-state index is -0.864. The van der Waals surface area contributed by atoms with Gasteiger partial charge in [-0.1, -0.05) is 26.0 Å². The second-order valence-corrected chi connectivity index (χ2v) is 7.35. The van der Waals surface area contributed by atoms with Gasteiger partial charge in [-0.3, -0.25) is 4.79 Å². The number of hydrogen-bond donors (Lipinski definition) is 2. The highest BCUT2D eigenvalue weighted by Gasteiger charge is 2.62. The lowest BCUT2D eigenvalue weighted by molar-refractivity contribution is -0.170. The van der Waals surface area contributed by atoms with Crippen molar-refractivity contribution in [3.8, 4) is 5.75 Å². The number of ether oxygens (including phenoxy) is 3. The second kappa shape index (κ2) is 8.84. The molecule has 1 aromatic rings. The summed E-state index contributed by atoms with van der Waals surface area (Å²) in [5.74, 6) is 0.728. The van der Waals surface area contributed by atoms with Crippen LogP contribution in [0.25, 0.3) is 0 Å². The molecule has 146 valence electrons. The lowest BCUT2D eigenvalue weighted by atomic mass is 9.54. The van der Waals surface area contributed by atoms with Gasteiger partial charge in [-0.15, -0.1) is 0 Å². The average molecular weight is 364 g/mol. The predicted molar refractivity (Wildman–Crippen MR) is 101 cm³/mol.